The molecule has 2 nitrogen and oxygen atoms in total. The Morgan fingerprint density at radius 1 is 1.29 bits per heavy atom. The summed E-state index contributed by atoms with van der Waals surface area (Å²) >= 11 is 1.68. The Bertz CT molecular complexity index is 487. The lowest BCUT2D eigenvalue weighted by Gasteiger charge is -2.12. The lowest BCUT2D eigenvalue weighted by molar-refractivity contribution is 0.409. The second kappa shape index (κ2) is 3.17. The molecular weight excluding hydrogens is 194 g/mol. The molecule has 1 aromatic carbocycles. The standard InChI is InChI=1S/C11H13NOS/c1-6-8-4-5-14-11(8)9(12)7(2)10(6)13-3/h4-5H,12H2,1-3H3. The molecule has 14 heavy (non-hydrogen) atoms. The molecular formula is C11H13NOS. The third-order valence-electron chi connectivity index (χ3n) is 2.60. The van der Waals surface area contributed by atoms with E-state index in [9.17, 15) is 0 Å². The van der Waals surface area contributed by atoms with Gasteiger partial charge in [0.1, 0.15) is 5.75 Å². The van der Waals surface area contributed by atoms with Crippen LogP contribution in [0.5, 0.6) is 5.75 Å². The average Bonchev–Trinajstić information content (AvgIpc) is 2.64. The Labute approximate surface area is 87.3 Å². The van der Waals surface area contributed by atoms with E-state index < -0.39 is 0 Å². The quantitative estimate of drug-likeness (QED) is 0.729. The molecule has 0 spiro atoms. The van der Waals surface area contributed by atoms with Gasteiger partial charge in [-0.3, -0.25) is 0 Å². The molecule has 2 aromatic rings. The molecule has 3 heteroatoms. The zero-order valence-electron chi connectivity index (χ0n) is 8.55. The first kappa shape index (κ1) is 9.34. The minimum absolute atomic E-state index is 0.845. The van der Waals surface area contributed by atoms with Gasteiger partial charge in [0.2, 0.25) is 0 Å². The molecule has 2 N–H and O–H groups in total. The summed E-state index contributed by atoms with van der Waals surface area (Å²) in [5, 5.41) is 3.27. The number of benzene rings is 1. The van der Waals surface area contributed by atoms with Crippen LogP contribution in [0.4, 0.5) is 5.69 Å². The fourth-order valence-electron chi connectivity index (χ4n) is 1.82. The van der Waals surface area contributed by atoms with Crippen LogP contribution in [-0.4, -0.2) is 7.11 Å². The van der Waals surface area contributed by atoms with Crippen molar-refractivity contribution in [2.75, 3.05) is 12.8 Å². The molecule has 0 saturated heterocycles. The number of rotatable bonds is 1. The molecule has 0 saturated carbocycles. The van der Waals surface area contributed by atoms with Crippen LogP contribution in [0.15, 0.2) is 11.4 Å². The maximum absolute atomic E-state index is 6.04. The number of nitrogen functional groups attached to an aromatic ring is 1. The molecule has 74 valence electrons. The van der Waals surface area contributed by atoms with Crippen LogP contribution in [0, 0.1) is 13.8 Å². The van der Waals surface area contributed by atoms with Crippen LogP contribution >= 0.6 is 11.3 Å². The SMILES string of the molecule is COc1c(C)c(N)c2sccc2c1C. The van der Waals surface area contributed by atoms with E-state index in [1.54, 1.807) is 18.4 Å². The predicted octanol–water partition coefficient (Wildman–Crippen LogP) is 3.11. The topological polar surface area (TPSA) is 35.2 Å². The van der Waals surface area contributed by atoms with E-state index in [1.807, 2.05) is 6.92 Å². The Balaban J connectivity index is 2.94. The van der Waals surface area contributed by atoms with E-state index in [0.717, 1.165) is 17.0 Å². The van der Waals surface area contributed by atoms with Crippen molar-refractivity contribution in [3.05, 3.63) is 22.6 Å². The highest BCUT2D eigenvalue weighted by Crippen LogP contribution is 2.39. The lowest BCUT2D eigenvalue weighted by Crippen LogP contribution is -1.97. The number of anilines is 1. The van der Waals surface area contributed by atoms with E-state index in [1.165, 1.54) is 15.6 Å². The van der Waals surface area contributed by atoms with Gasteiger partial charge in [-0.25, -0.2) is 0 Å². The second-order valence-corrected chi connectivity index (χ2v) is 4.28. The van der Waals surface area contributed by atoms with Crippen molar-refractivity contribution in [1.29, 1.82) is 0 Å². The monoisotopic (exact) mass is 207 g/mol. The predicted molar refractivity (Wildman–Crippen MR) is 62.3 cm³/mol. The number of thiophene rings is 1. The minimum atomic E-state index is 0.845. The molecule has 0 bridgehead atoms. The molecule has 1 aromatic heterocycles. The summed E-state index contributed by atoms with van der Waals surface area (Å²) in [4.78, 5) is 0. The molecule has 0 fully saturated rings. The Kier molecular flexibility index (Phi) is 2.11. The van der Waals surface area contributed by atoms with Crippen molar-refractivity contribution in [1.82, 2.24) is 0 Å². The fourth-order valence-corrected chi connectivity index (χ4v) is 2.78. The average molecular weight is 207 g/mol. The molecule has 0 aliphatic heterocycles. The summed E-state index contributed by atoms with van der Waals surface area (Å²) in [5.41, 5.74) is 9.10. The summed E-state index contributed by atoms with van der Waals surface area (Å²) in [6.07, 6.45) is 0. The van der Waals surface area contributed by atoms with Gasteiger partial charge >= 0.3 is 0 Å². The van der Waals surface area contributed by atoms with Crippen LogP contribution in [0.2, 0.25) is 0 Å². The molecule has 0 unspecified atom stereocenters. The Morgan fingerprint density at radius 2 is 2.00 bits per heavy atom. The highest BCUT2D eigenvalue weighted by atomic mass is 32.1. The molecule has 0 aliphatic carbocycles. The zero-order chi connectivity index (χ0) is 10.3. The number of methoxy groups -OCH3 is 1. The zero-order valence-corrected chi connectivity index (χ0v) is 9.37. The van der Waals surface area contributed by atoms with Gasteiger partial charge < -0.3 is 10.5 Å². The summed E-state index contributed by atoms with van der Waals surface area (Å²) in [5.74, 6) is 0.911. The van der Waals surface area contributed by atoms with Crippen molar-refractivity contribution < 1.29 is 4.74 Å². The van der Waals surface area contributed by atoms with E-state index >= 15 is 0 Å². The summed E-state index contributed by atoms with van der Waals surface area (Å²) in [7, 11) is 1.69. The van der Waals surface area contributed by atoms with Crippen LogP contribution < -0.4 is 10.5 Å². The van der Waals surface area contributed by atoms with Gasteiger partial charge in [-0.2, -0.15) is 0 Å². The van der Waals surface area contributed by atoms with Gasteiger partial charge in [0.05, 0.1) is 17.5 Å². The maximum atomic E-state index is 6.04. The van der Waals surface area contributed by atoms with Gasteiger partial charge in [-0.1, -0.05) is 0 Å². The minimum Gasteiger partial charge on any atom is -0.496 e. The second-order valence-electron chi connectivity index (χ2n) is 3.36. The third kappa shape index (κ3) is 1.09. The fraction of sp³-hybridized carbons (Fsp3) is 0.273. The molecule has 0 amide bonds. The summed E-state index contributed by atoms with van der Waals surface area (Å²) in [6.45, 7) is 4.07. The van der Waals surface area contributed by atoms with E-state index in [2.05, 4.69) is 18.4 Å². The largest absolute Gasteiger partial charge is 0.496 e. The van der Waals surface area contributed by atoms with Crippen LogP contribution in [0.3, 0.4) is 0 Å². The van der Waals surface area contributed by atoms with E-state index in [0.29, 0.717) is 0 Å². The summed E-state index contributed by atoms with van der Waals surface area (Å²) in [6, 6.07) is 2.09. The summed E-state index contributed by atoms with van der Waals surface area (Å²) < 4.78 is 6.53. The van der Waals surface area contributed by atoms with E-state index in [4.69, 9.17) is 10.5 Å². The first-order valence-corrected chi connectivity index (χ1v) is 5.34. The molecule has 0 aliphatic rings. The molecule has 0 atom stereocenters. The lowest BCUT2D eigenvalue weighted by atomic mass is 10.0. The molecule has 0 radical (unpaired) electrons. The molecule has 1 heterocycles. The van der Waals surface area contributed by atoms with Gasteiger partial charge in [0.25, 0.3) is 0 Å². The first-order valence-electron chi connectivity index (χ1n) is 4.46. The van der Waals surface area contributed by atoms with Gasteiger partial charge in [0, 0.05) is 16.5 Å². The number of fused-ring (bicyclic) bond motifs is 1. The Morgan fingerprint density at radius 3 is 2.64 bits per heavy atom. The number of ether oxygens (including phenoxy) is 1. The van der Waals surface area contributed by atoms with Gasteiger partial charge in [0.15, 0.2) is 0 Å². The van der Waals surface area contributed by atoms with E-state index in [-0.39, 0.29) is 0 Å². The van der Waals surface area contributed by atoms with Crippen molar-refractivity contribution in [2.45, 2.75) is 13.8 Å². The van der Waals surface area contributed by atoms with Crippen molar-refractivity contribution >= 4 is 27.1 Å². The number of aryl methyl sites for hydroxylation is 1. The number of hydrogen-bond donors (Lipinski definition) is 1. The van der Waals surface area contributed by atoms with Gasteiger partial charge in [-0.15, -0.1) is 11.3 Å². The van der Waals surface area contributed by atoms with Crippen LogP contribution in [0.1, 0.15) is 11.1 Å². The highest BCUT2D eigenvalue weighted by molar-refractivity contribution is 7.17. The highest BCUT2D eigenvalue weighted by Gasteiger charge is 2.13. The normalized spacial score (nSPS) is 10.8. The van der Waals surface area contributed by atoms with Crippen molar-refractivity contribution in [3.63, 3.8) is 0 Å². The van der Waals surface area contributed by atoms with Crippen molar-refractivity contribution in [3.8, 4) is 5.75 Å². The number of hydrogen-bond acceptors (Lipinski definition) is 3. The Hall–Kier alpha value is -1.22. The third-order valence-corrected chi connectivity index (χ3v) is 3.55. The van der Waals surface area contributed by atoms with Crippen LogP contribution in [0.25, 0.3) is 10.1 Å². The number of nitrogens with two attached hydrogens (primary N) is 1. The maximum Gasteiger partial charge on any atom is 0.127 e. The van der Waals surface area contributed by atoms with Crippen LogP contribution in [-0.2, 0) is 0 Å². The molecule has 2 rings (SSSR count). The first-order chi connectivity index (χ1) is 6.66. The van der Waals surface area contributed by atoms with Gasteiger partial charge in [-0.05, 0) is 25.3 Å². The van der Waals surface area contributed by atoms with Crippen molar-refractivity contribution in [2.24, 2.45) is 0 Å². The smallest absolute Gasteiger partial charge is 0.127 e.